The first-order chi connectivity index (χ1) is 10.1. The maximum atomic E-state index is 11.8. The van der Waals surface area contributed by atoms with Crippen LogP contribution in [0.4, 0.5) is 0 Å². The van der Waals surface area contributed by atoms with Gasteiger partial charge in [-0.25, -0.2) is 0 Å². The number of carbonyl (C=O) groups is 2. The van der Waals surface area contributed by atoms with Crippen molar-refractivity contribution in [3.8, 4) is 0 Å². The molecule has 0 bridgehead atoms. The molecule has 1 aliphatic carbocycles. The van der Waals surface area contributed by atoms with Crippen LogP contribution in [0.15, 0.2) is 28.7 Å². The molecule has 0 spiro atoms. The lowest BCUT2D eigenvalue weighted by Gasteiger charge is -2.05. The van der Waals surface area contributed by atoms with E-state index in [-0.39, 0.29) is 11.8 Å². The van der Waals surface area contributed by atoms with Gasteiger partial charge in [0.1, 0.15) is 0 Å². The minimum atomic E-state index is -0.630. The Morgan fingerprint density at radius 3 is 2.43 bits per heavy atom. The number of hydrazine groups is 1. The molecule has 0 atom stereocenters. The zero-order valence-corrected chi connectivity index (χ0v) is 11.4. The molecule has 3 rings (SSSR count). The highest BCUT2D eigenvalue weighted by atomic mass is 16.4. The summed E-state index contributed by atoms with van der Waals surface area (Å²) in [6.07, 6.45) is 2.01. The maximum Gasteiger partial charge on any atom is 0.327 e. The van der Waals surface area contributed by atoms with Crippen molar-refractivity contribution in [3.63, 3.8) is 0 Å². The largest absolute Gasteiger partial charge is 0.417 e. The van der Waals surface area contributed by atoms with E-state index in [1.807, 2.05) is 19.1 Å². The van der Waals surface area contributed by atoms with Gasteiger partial charge < -0.3 is 4.42 Å². The van der Waals surface area contributed by atoms with Crippen LogP contribution in [0.3, 0.4) is 0 Å². The van der Waals surface area contributed by atoms with Crippen LogP contribution >= 0.6 is 0 Å². The summed E-state index contributed by atoms with van der Waals surface area (Å²) >= 11 is 0. The molecule has 2 N–H and O–H groups in total. The van der Waals surface area contributed by atoms with Crippen molar-refractivity contribution in [3.05, 3.63) is 47.2 Å². The molecular formula is C14H14N4O3. The Labute approximate surface area is 120 Å². The Kier molecular flexibility index (Phi) is 3.39. The molecule has 7 heteroatoms. The van der Waals surface area contributed by atoms with E-state index in [2.05, 4.69) is 21.0 Å². The van der Waals surface area contributed by atoms with Crippen molar-refractivity contribution in [1.82, 2.24) is 21.0 Å². The lowest BCUT2D eigenvalue weighted by molar-refractivity contribution is 0.0825. The molecule has 1 aromatic heterocycles. The Morgan fingerprint density at radius 2 is 1.76 bits per heavy atom. The van der Waals surface area contributed by atoms with Gasteiger partial charge in [0, 0.05) is 11.5 Å². The quantitative estimate of drug-likeness (QED) is 0.830. The van der Waals surface area contributed by atoms with Crippen LogP contribution < -0.4 is 10.9 Å². The molecule has 0 radical (unpaired) electrons. The highest BCUT2D eigenvalue weighted by Gasteiger charge is 2.30. The molecule has 108 valence electrons. The third-order valence-corrected chi connectivity index (χ3v) is 3.16. The lowest BCUT2D eigenvalue weighted by Crippen LogP contribution is -2.41. The summed E-state index contributed by atoms with van der Waals surface area (Å²) in [6, 6.07) is 6.98. The average molecular weight is 286 g/mol. The molecule has 1 fully saturated rings. The Bertz CT molecular complexity index is 674. The smallest absolute Gasteiger partial charge is 0.327 e. The van der Waals surface area contributed by atoms with Crippen LogP contribution in [0.2, 0.25) is 0 Å². The van der Waals surface area contributed by atoms with Gasteiger partial charge >= 0.3 is 11.8 Å². The van der Waals surface area contributed by atoms with Crippen molar-refractivity contribution < 1.29 is 14.0 Å². The fourth-order valence-electron chi connectivity index (χ4n) is 1.77. The second kappa shape index (κ2) is 5.35. The first kappa shape index (κ1) is 13.3. The monoisotopic (exact) mass is 286 g/mol. The van der Waals surface area contributed by atoms with E-state index in [4.69, 9.17) is 4.42 Å². The number of nitrogens with one attached hydrogen (secondary N) is 2. The third-order valence-electron chi connectivity index (χ3n) is 3.16. The molecule has 2 amide bonds. The lowest BCUT2D eigenvalue weighted by atomic mass is 10.1. The fourth-order valence-corrected chi connectivity index (χ4v) is 1.77. The number of benzene rings is 1. The predicted octanol–water partition coefficient (Wildman–Crippen LogP) is 1.33. The summed E-state index contributed by atoms with van der Waals surface area (Å²) in [5, 5.41) is 7.46. The van der Waals surface area contributed by atoms with Gasteiger partial charge in [-0.05, 0) is 31.9 Å². The van der Waals surface area contributed by atoms with Crippen molar-refractivity contribution in [1.29, 1.82) is 0 Å². The van der Waals surface area contributed by atoms with Crippen molar-refractivity contribution >= 4 is 11.8 Å². The number of amides is 2. The Balaban J connectivity index is 1.57. The summed E-state index contributed by atoms with van der Waals surface area (Å²) in [5.41, 5.74) is 6.05. The maximum absolute atomic E-state index is 11.8. The molecule has 1 aromatic carbocycles. The van der Waals surface area contributed by atoms with Crippen LogP contribution in [-0.4, -0.2) is 22.0 Å². The second-order valence-corrected chi connectivity index (χ2v) is 4.99. The van der Waals surface area contributed by atoms with Crippen molar-refractivity contribution in [2.75, 3.05) is 0 Å². The molecule has 1 heterocycles. The minimum Gasteiger partial charge on any atom is -0.417 e. The normalized spacial score (nSPS) is 13.8. The highest BCUT2D eigenvalue weighted by Crippen LogP contribution is 2.38. The van der Waals surface area contributed by atoms with E-state index in [0.717, 1.165) is 18.4 Å². The number of hydrogen-bond acceptors (Lipinski definition) is 5. The minimum absolute atomic E-state index is 0.152. The first-order valence-electron chi connectivity index (χ1n) is 6.64. The van der Waals surface area contributed by atoms with Crippen LogP contribution in [-0.2, 0) is 0 Å². The number of hydrogen-bond donors (Lipinski definition) is 2. The standard InChI is InChI=1S/C14H14N4O3/c1-8-2-4-9(5-3-8)11(19)15-16-12(20)14-18-17-13(21-14)10-6-7-10/h2-5,10H,6-7H2,1H3,(H,15,19)(H,16,20). The van der Waals surface area contributed by atoms with Gasteiger partial charge in [0.2, 0.25) is 5.89 Å². The first-order valence-corrected chi connectivity index (χ1v) is 6.64. The SMILES string of the molecule is Cc1ccc(C(=O)NNC(=O)c2nnc(C3CC3)o2)cc1. The molecule has 1 aliphatic rings. The summed E-state index contributed by atoms with van der Waals surface area (Å²) in [7, 11) is 0. The molecule has 2 aromatic rings. The topological polar surface area (TPSA) is 97.1 Å². The van der Waals surface area contributed by atoms with E-state index in [0.29, 0.717) is 11.5 Å². The molecule has 0 unspecified atom stereocenters. The summed E-state index contributed by atoms with van der Waals surface area (Å²) in [6.45, 7) is 1.93. The second-order valence-electron chi connectivity index (χ2n) is 4.99. The molecule has 21 heavy (non-hydrogen) atoms. The van der Waals surface area contributed by atoms with Crippen LogP contribution in [0.1, 0.15) is 51.3 Å². The van der Waals surface area contributed by atoms with E-state index >= 15 is 0 Å². The predicted molar refractivity (Wildman–Crippen MR) is 72.4 cm³/mol. The average Bonchev–Trinajstić information content (AvgIpc) is 3.22. The van der Waals surface area contributed by atoms with Crippen molar-refractivity contribution in [2.24, 2.45) is 0 Å². The van der Waals surface area contributed by atoms with Crippen molar-refractivity contribution in [2.45, 2.75) is 25.7 Å². The number of carbonyl (C=O) groups excluding carboxylic acids is 2. The summed E-state index contributed by atoms with van der Waals surface area (Å²) in [5.74, 6) is -0.438. The zero-order chi connectivity index (χ0) is 14.8. The van der Waals surface area contributed by atoms with Gasteiger partial charge in [-0.15, -0.1) is 10.2 Å². The van der Waals surface area contributed by atoms with Gasteiger partial charge in [-0.1, -0.05) is 17.7 Å². The Hall–Kier alpha value is -2.70. The molecule has 7 nitrogen and oxygen atoms in total. The van der Waals surface area contributed by atoms with Gasteiger partial charge in [-0.2, -0.15) is 0 Å². The van der Waals surface area contributed by atoms with E-state index < -0.39 is 11.8 Å². The van der Waals surface area contributed by atoms with E-state index in [1.54, 1.807) is 12.1 Å². The van der Waals surface area contributed by atoms with E-state index in [1.165, 1.54) is 0 Å². The number of aryl methyl sites for hydroxylation is 1. The zero-order valence-electron chi connectivity index (χ0n) is 11.4. The summed E-state index contributed by atoms with van der Waals surface area (Å²) < 4.78 is 5.24. The fraction of sp³-hybridized carbons (Fsp3) is 0.286. The molecule has 1 saturated carbocycles. The van der Waals surface area contributed by atoms with Gasteiger partial charge in [0.25, 0.3) is 5.91 Å². The number of rotatable bonds is 3. The highest BCUT2D eigenvalue weighted by molar-refractivity contribution is 5.97. The van der Waals surface area contributed by atoms with Crippen LogP contribution in [0.5, 0.6) is 0 Å². The third kappa shape index (κ3) is 3.07. The van der Waals surface area contributed by atoms with Gasteiger partial charge in [0.05, 0.1) is 0 Å². The van der Waals surface area contributed by atoms with Crippen LogP contribution in [0, 0.1) is 6.92 Å². The number of nitrogens with zero attached hydrogens (tertiary/aromatic N) is 2. The van der Waals surface area contributed by atoms with Gasteiger partial charge in [0.15, 0.2) is 0 Å². The van der Waals surface area contributed by atoms with E-state index in [9.17, 15) is 9.59 Å². The molecular weight excluding hydrogens is 272 g/mol. The number of aromatic nitrogens is 2. The van der Waals surface area contributed by atoms with Gasteiger partial charge in [-0.3, -0.25) is 20.4 Å². The molecule has 0 aliphatic heterocycles. The molecule has 0 saturated heterocycles. The summed E-state index contributed by atoms with van der Waals surface area (Å²) in [4.78, 5) is 23.6. The van der Waals surface area contributed by atoms with Crippen LogP contribution in [0.25, 0.3) is 0 Å². The Morgan fingerprint density at radius 1 is 1.10 bits per heavy atom.